The first-order chi connectivity index (χ1) is 5.54. The lowest BCUT2D eigenvalue weighted by Gasteiger charge is -1.96. The fourth-order valence-corrected chi connectivity index (χ4v) is 0.437. The number of carbonyl (C=O) groups excluding carboxylic acids is 1. The van der Waals surface area contributed by atoms with Crippen LogP contribution in [0.4, 0.5) is 0 Å². The van der Waals surface area contributed by atoms with Crippen molar-refractivity contribution in [3.8, 4) is 0 Å². The Balaban J connectivity index is 0. The van der Waals surface area contributed by atoms with Crippen molar-refractivity contribution in [2.24, 2.45) is 0 Å². The van der Waals surface area contributed by atoms with Crippen LogP contribution in [0.2, 0.25) is 0 Å². The van der Waals surface area contributed by atoms with Crippen molar-refractivity contribution < 1.29 is 19.4 Å². The second kappa shape index (κ2) is 9.94. The van der Waals surface area contributed by atoms with Crippen LogP contribution in [0.5, 0.6) is 0 Å². The van der Waals surface area contributed by atoms with Crippen LogP contribution in [0.3, 0.4) is 0 Å². The molecule has 4 nitrogen and oxygen atoms in total. The lowest BCUT2D eigenvalue weighted by Crippen LogP contribution is -2.01. The van der Waals surface area contributed by atoms with Gasteiger partial charge in [-0.1, -0.05) is 6.92 Å². The maximum absolute atomic E-state index is 10.4. The first-order valence-electron chi connectivity index (χ1n) is 3.89. The van der Waals surface area contributed by atoms with E-state index in [9.17, 15) is 4.79 Å². The highest BCUT2D eigenvalue weighted by Gasteiger charge is 1.95. The number of hydrogen-bond acceptors (Lipinski definition) is 3. The Morgan fingerprint density at radius 3 is 2.00 bits per heavy atom. The zero-order chi connectivity index (χ0) is 9.98. The van der Waals surface area contributed by atoms with Gasteiger partial charge in [-0.2, -0.15) is 0 Å². The highest BCUT2D eigenvalue weighted by Crippen LogP contribution is 1.89. The molecule has 0 saturated heterocycles. The Labute approximate surface area is 72.5 Å². The Kier molecular flexibility index (Phi) is 11.2. The van der Waals surface area contributed by atoms with E-state index in [1.807, 2.05) is 13.8 Å². The van der Waals surface area contributed by atoms with E-state index in [0.29, 0.717) is 13.0 Å². The Morgan fingerprint density at radius 1 is 1.33 bits per heavy atom. The fraction of sp³-hybridized carbons (Fsp3) is 0.750. The van der Waals surface area contributed by atoms with Gasteiger partial charge in [-0.3, -0.25) is 9.59 Å². The predicted octanol–water partition coefficient (Wildman–Crippen LogP) is 1.44. The Hall–Kier alpha value is -1.06. The third-order valence-electron chi connectivity index (χ3n) is 0.759. The fourth-order valence-electron chi connectivity index (χ4n) is 0.437. The van der Waals surface area contributed by atoms with Gasteiger partial charge in [0.1, 0.15) is 0 Å². The van der Waals surface area contributed by atoms with E-state index in [0.717, 1.165) is 13.3 Å². The molecule has 0 aromatic heterocycles. The molecule has 0 amide bonds. The molecule has 0 aliphatic heterocycles. The second-order valence-corrected chi connectivity index (χ2v) is 2.07. The SMILES string of the molecule is CC(=O)O.CCCC(=O)OCC. The van der Waals surface area contributed by atoms with Gasteiger partial charge in [-0.15, -0.1) is 0 Å². The largest absolute Gasteiger partial charge is 0.481 e. The zero-order valence-electron chi connectivity index (χ0n) is 7.79. The summed E-state index contributed by atoms with van der Waals surface area (Å²) in [6, 6.07) is 0. The summed E-state index contributed by atoms with van der Waals surface area (Å²) in [6.07, 6.45) is 1.42. The Morgan fingerprint density at radius 2 is 1.75 bits per heavy atom. The maximum Gasteiger partial charge on any atom is 0.305 e. The van der Waals surface area contributed by atoms with E-state index in [4.69, 9.17) is 9.90 Å². The third-order valence-corrected chi connectivity index (χ3v) is 0.759. The molecule has 0 bridgehead atoms. The molecule has 12 heavy (non-hydrogen) atoms. The quantitative estimate of drug-likeness (QED) is 0.661. The van der Waals surface area contributed by atoms with Gasteiger partial charge in [0.05, 0.1) is 6.61 Å². The summed E-state index contributed by atoms with van der Waals surface area (Å²) < 4.78 is 4.64. The highest BCUT2D eigenvalue weighted by atomic mass is 16.5. The van der Waals surface area contributed by atoms with Crippen molar-refractivity contribution >= 4 is 11.9 Å². The molecular weight excluding hydrogens is 160 g/mol. The van der Waals surface area contributed by atoms with Gasteiger partial charge in [-0.05, 0) is 13.3 Å². The van der Waals surface area contributed by atoms with Crippen molar-refractivity contribution in [1.82, 2.24) is 0 Å². The van der Waals surface area contributed by atoms with Gasteiger partial charge in [0.2, 0.25) is 0 Å². The van der Waals surface area contributed by atoms with Gasteiger partial charge < -0.3 is 9.84 Å². The molecule has 0 saturated carbocycles. The number of carbonyl (C=O) groups is 2. The van der Waals surface area contributed by atoms with Crippen LogP contribution >= 0.6 is 0 Å². The van der Waals surface area contributed by atoms with E-state index in [1.54, 1.807) is 0 Å². The molecule has 0 aliphatic carbocycles. The molecular formula is C8H16O4. The van der Waals surface area contributed by atoms with Gasteiger partial charge in [0, 0.05) is 13.3 Å². The summed E-state index contributed by atoms with van der Waals surface area (Å²) >= 11 is 0. The minimum Gasteiger partial charge on any atom is -0.481 e. The molecule has 0 heterocycles. The van der Waals surface area contributed by atoms with Crippen molar-refractivity contribution in [3.05, 3.63) is 0 Å². The van der Waals surface area contributed by atoms with Crippen LogP contribution in [0.25, 0.3) is 0 Å². The van der Waals surface area contributed by atoms with E-state index in [-0.39, 0.29) is 5.97 Å². The average molecular weight is 176 g/mol. The van der Waals surface area contributed by atoms with Gasteiger partial charge >= 0.3 is 5.97 Å². The Bertz CT molecular complexity index is 119. The molecule has 1 N–H and O–H groups in total. The van der Waals surface area contributed by atoms with Crippen molar-refractivity contribution in [2.75, 3.05) is 6.61 Å². The van der Waals surface area contributed by atoms with Crippen LogP contribution in [-0.2, 0) is 14.3 Å². The van der Waals surface area contributed by atoms with Gasteiger partial charge in [0.25, 0.3) is 5.97 Å². The third kappa shape index (κ3) is 23.1. The van der Waals surface area contributed by atoms with Crippen LogP contribution in [0.1, 0.15) is 33.6 Å². The lowest BCUT2D eigenvalue weighted by atomic mass is 10.3. The number of carboxylic acids is 1. The van der Waals surface area contributed by atoms with Crippen molar-refractivity contribution in [1.29, 1.82) is 0 Å². The monoisotopic (exact) mass is 176 g/mol. The van der Waals surface area contributed by atoms with E-state index < -0.39 is 5.97 Å². The minimum atomic E-state index is -0.833. The van der Waals surface area contributed by atoms with Gasteiger partial charge in [-0.25, -0.2) is 0 Å². The summed E-state index contributed by atoms with van der Waals surface area (Å²) in [6.45, 7) is 5.35. The number of hydrogen-bond donors (Lipinski definition) is 1. The topological polar surface area (TPSA) is 63.6 Å². The molecule has 0 radical (unpaired) electrons. The van der Waals surface area contributed by atoms with Crippen molar-refractivity contribution in [3.63, 3.8) is 0 Å². The van der Waals surface area contributed by atoms with E-state index >= 15 is 0 Å². The zero-order valence-corrected chi connectivity index (χ0v) is 7.79. The van der Waals surface area contributed by atoms with E-state index in [2.05, 4.69) is 4.74 Å². The molecule has 0 aromatic carbocycles. The van der Waals surface area contributed by atoms with Crippen LogP contribution < -0.4 is 0 Å². The predicted molar refractivity (Wildman–Crippen MR) is 44.9 cm³/mol. The lowest BCUT2D eigenvalue weighted by molar-refractivity contribution is -0.143. The smallest absolute Gasteiger partial charge is 0.305 e. The number of rotatable bonds is 3. The van der Waals surface area contributed by atoms with Gasteiger partial charge in [0.15, 0.2) is 0 Å². The van der Waals surface area contributed by atoms with Crippen LogP contribution in [0.15, 0.2) is 0 Å². The first kappa shape index (κ1) is 13.5. The van der Waals surface area contributed by atoms with Crippen LogP contribution in [-0.4, -0.2) is 23.7 Å². The van der Waals surface area contributed by atoms with E-state index in [1.165, 1.54) is 0 Å². The molecule has 0 rings (SSSR count). The summed E-state index contributed by atoms with van der Waals surface area (Å²) in [7, 11) is 0. The summed E-state index contributed by atoms with van der Waals surface area (Å²) in [5.41, 5.74) is 0. The maximum atomic E-state index is 10.4. The molecule has 0 unspecified atom stereocenters. The molecule has 0 aliphatic rings. The number of aliphatic carboxylic acids is 1. The number of ether oxygens (including phenoxy) is 1. The normalized spacial score (nSPS) is 7.92. The molecule has 4 heteroatoms. The molecule has 0 spiro atoms. The average Bonchev–Trinajstić information content (AvgIpc) is 1.87. The number of esters is 1. The second-order valence-electron chi connectivity index (χ2n) is 2.07. The molecule has 0 atom stereocenters. The summed E-state index contributed by atoms with van der Waals surface area (Å²) in [4.78, 5) is 19.4. The molecule has 72 valence electrons. The standard InChI is InChI=1S/C6H12O2.C2H4O2/c1-3-5-6(7)8-4-2;1-2(3)4/h3-5H2,1-2H3;1H3,(H,3,4). The summed E-state index contributed by atoms with van der Waals surface area (Å²) in [5.74, 6) is -0.921. The first-order valence-corrected chi connectivity index (χ1v) is 3.89. The molecule has 0 fully saturated rings. The van der Waals surface area contributed by atoms with Crippen molar-refractivity contribution in [2.45, 2.75) is 33.6 Å². The highest BCUT2D eigenvalue weighted by molar-refractivity contribution is 5.69. The minimum absolute atomic E-state index is 0.0880. The van der Waals surface area contributed by atoms with Crippen LogP contribution in [0, 0.1) is 0 Å². The summed E-state index contributed by atoms with van der Waals surface area (Å²) in [5, 5.41) is 7.42. The molecule has 0 aromatic rings. The number of carboxylic acid groups (broad SMARTS) is 1.